The highest BCUT2D eigenvalue weighted by Crippen LogP contribution is 2.25. The van der Waals surface area contributed by atoms with Crippen LogP contribution in [0.15, 0.2) is 36.4 Å². The van der Waals surface area contributed by atoms with Crippen LogP contribution in [0.3, 0.4) is 0 Å². The Morgan fingerprint density at radius 3 is 2.45 bits per heavy atom. The second-order valence-electron chi connectivity index (χ2n) is 6.48. The third-order valence-corrected chi connectivity index (χ3v) is 3.71. The summed E-state index contributed by atoms with van der Waals surface area (Å²) in [6.45, 7) is 8.76. The minimum absolute atomic E-state index is 0.149. The van der Waals surface area contributed by atoms with Crippen molar-refractivity contribution in [1.29, 1.82) is 0 Å². The second-order valence-corrected chi connectivity index (χ2v) is 6.48. The molecule has 1 unspecified atom stereocenters. The third kappa shape index (κ3) is 2.90. The molecule has 0 saturated heterocycles. The van der Waals surface area contributed by atoms with Crippen molar-refractivity contribution >= 4 is 11.5 Å². The van der Waals surface area contributed by atoms with E-state index in [-0.39, 0.29) is 11.5 Å². The molecule has 2 aromatic heterocycles. The van der Waals surface area contributed by atoms with Crippen LogP contribution < -0.4 is 5.32 Å². The maximum atomic E-state index is 4.33. The molecule has 0 spiro atoms. The van der Waals surface area contributed by atoms with Crippen molar-refractivity contribution in [2.75, 3.05) is 5.32 Å². The molecule has 0 bridgehead atoms. The molecule has 0 aliphatic carbocycles. The molecule has 0 aliphatic heterocycles. The summed E-state index contributed by atoms with van der Waals surface area (Å²) >= 11 is 0. The molecule has 0 saturated carbocycles. The van der Waals surface area contributed by atoms with Gasteiger partial charge in [0.2, 0.25) is 0 Å². The third-order valence-electron chi connectivity index (χ3n) is 3.71. The molecule has 0 amide bonds. The van der Waals surface area contributed by atoms with Gasteiger partial charge in [-0.25, -0.2) is 0 Å². The van der Waals surface area contributed by atoms with Gasteiger partial charge >= 0.3 is 0 Å². The van der Waals surface area contributed by atoms with Crippen molar-refractivity contribution in [3.63, 3.8) is 0 Å². The molecule has 6 heteroatoms. The number of rotatable bonds is 3. The molecule has 1 aromatic carbocycles. The van der Waals surface area contributed by atoms with E-state index in [0.29, 0.717) is 5.65 Å². The van der Waals surface area contributed by atoms with Crippen LogP contribution in [0.1, 0.15) is 44.9 Å². The van der Waals surface area contributed by atoms with Crippen LogP contribution >= 0.6 is 0 Å². The summed E-state index contributed by atoms with van der Waals surface area (Å²) in [7, 11) is 0. The van der Waals surface area contributed by atoms with E-state index < -0.39 is 0 Å². The highest BCUT2D eigenvalue weighted by Gasteiger charge is 2.14. The van der Waals surface area contributed by atoms with Crippen molar-refractivity contribution in [1.82, 2.24) is 25.3 Å². The zero-order chi connectivity index (χ0) is 15.7. The smallest absolute Gasteiger partial charge is 0.200 e. The van der Waals surface area contributed by atoms with Crippen molar-refractivity contribution in [3.8, 4) is 0 Å². The van der Waals surface area contributed by atoms with Gasteiger partial charge in [0.1, 0.15) is 5.82 Å². The van der Waals surface area contributed by atoms with Crippen LogP contribution in [0.5, 0.6) is 0 Å². The van der Waals surface area contributed by atoms with E-state index in [1.807, 2.05) is 12.1 Å². The normalized spacial score (nSPS) is 13.3. The Morgan fingerprint density at radius 2 is 1.77 bits per heavy atom. The lowest BCUT2D eigenvalue weighted by molar-refractivity contribution is 0.589. The first-order chi connectivity index (χ1) is 10.4. The number of benzene rings is 1. The van der Waals surface area contributed by atoms with E-state index in [2.05, 4.69) is 77.9 Å². The lowest BCUT2D eigenvalue weighted by Crippen LogP contribution is -2.12. The minimum atomic E-state index is 0.149. The molecule has 114 valence electrons. The van der Waals surface area contributed by atoms with E-state index in [0.717, 1.165) is 5.82 Å². The number of nitrogens with one attached hydrogen (secondary N) is 1. The maximum absolute atomic E-state index is 4.33. The summed E-state index contributed by atoms with van der Waals surface area (Å²) in [5.41, 5.74) is 3.35. The number of anilines is 1. The number of aromatic nitrogens is 5. The fourth-order valence-corrected chi connectivity index (χ4v) is 2.30. The maximum Gasteiger partial charge on any atom is 0.200 e. The SMILES string of the molecule is CC(Nc1ccc2nnnn2n1)c1ccc(C(C)(C)C)cc1. The Bertz CT molecular complexity index is 769. The number of hydrogen-bond donors (Lipinski definition) is 1. The molecule has 1 atom stereocenters. The van der Waals surface area contributed by atoms with Crippen LogP contribution in [0.25, 0.3) is 5.65 Å². The molecule has 22 heavy (non-hydrogen) atoms. The van der Waals surface area contributed by atoms with Gasteiger partial charge in [-0.15, -0.1) is 14.8 Å². The first kappa shape index (κ1) is 14.4. The molecule has 3 aromatic rings. The van der Waals surface area contributed by atoms with Crippen LogP contribution in [-0.4, -0.2) is 25.3 Å². The predicted octanol–water partition coefficient (Wildman–Crippen LogP) is 2.99. The average Bonchev–Trinajstić information content (AvgIpc) is 2.94. The van der Waals surface area contributed by atoms with Crippen LogP contribution in [-0.2, 0) is 5.41 Å². The summed E-state index contributed by atoms with van der Waals surface area (Å²) < 4.78 is 1.41. The van der Waals surface area contributed by atoms with Crippen LogP contribution in [0.2, 0.25) is 0 Å². The zero-order valence-corrected chi connectivity index (χ0v) is 13.3. The first-order valence-corrected chi connectivity index (χ1v) is 7.36. The highest BCUT2D eigenvalue weighted by atomic mass is 15.6. The molecule has 0 fully saturated rings. The van der Waals surface area contributed by atoms with Crippen molar-refractivity contribution in [3.05, 3.63) is 47.5 Å². The molecule has 0 radical (unpaired) electrons. The zero-order valence-electron chi connectivity index (χ0n) is 13.3. The van der Waals surface area contributed by atoms with E-state index in [1.54, 1.807) is 0 Å². The van der Waals surface area contributed by atoms with Crippen LogP contribution in [0.4, 0.5) is 5.82 Å². The van der Waals surface area contributed by atoms with Gasteiger partial charge in [-0.1, -0.05) is 45.0 Å². The monoisotopic (exact) mass is 296 g/mol. The summed E-state index contributed by atoms with van der Waals surface area (Å²) in [6.07, 6.45) is 0. The lowest BCUT2D eigenvalue weighted by Gasteiger charge is -2.20. The standard InChI is InChI=1S/C16H20N6/c1-11(12-5-7-13(8-6-12)16(2,3)4)17-14-9-10-15-18-20-21-22(15)19-14/h5-11H,1-4H3,(H,17,19). The van der Waals surface area contributed by atoms with E-state index in [1.165, 1.54) is 15.8 Å². The number of tetrazole rings is 1. The predicted molar refractivity (Wildman–Crippen MR) is 85.8 cm³/mol. The lowest BCUT2D eigenvalue weighted by atomic mass is 9.86. The Balaban J connectivity index is 1.77. The topological polar surface area (TPSA) is 68.0 Å². The number of hydrogen-bond acceptors (Lipinski definition) is 5. The Morgan fingerprint density at radius 1 is 1.05 bits per heavy atom. The van der Waals surface area contributed by atoms with Gasteiger partial charge in [-0.3, -0.25) is 0 Å². The molecular weight excluding hydrogens is 276 g/mol. The van der Waals surface area contributed by atoms with E-state index in [4.69, 9.17) is 0 Å². The van der Waals surface area contributed by atoms with Gasteiger partial charge in [0.05, 0.1) is 0 Å². The summed E-state index contributed by atoms with van der Waals surface area (Å²) in [6, 6.07) is 12.6. The molecular formula is C16H20N6. The van der Waals surface area contributed by atoms with Crippen molar-refractivity contribution in [2.45, 2.75) is 39.2 Å². The Labute approximate surface area is 129 Å². The van der Waals surface area contributed by atoms with Gasteiger partial charge in [0, 0.05) is 6.04 Å². The number of fused-ring (bicyclic) bond motifs is 1. The first-order valence-electron chi connectivity index (χ1n) is 7.36. The van der Waals surface area contributed by atoms with Gasteiger partial charge in [-0.2, -0.15) is 0 Å². The quantitative estimate of drug-likeness (QED) is 0.804. The molecule has 2 heterocycles. The number of nitrogens with zero attached hydrogens (tertiary/aromatic N) is 5. The van der Waals surface area contributed by atoms with Crippen molar-refractivity contribution < 1.29 is 0 Å². The molecule has 6 nitrogen and oxygen atoms in total. The highest BCUT2D eigenvalue weighted by molar-refractivity contribution is 5.44. The van der Waals surface area contributed by atoms with Gasteiger partial charge < -0.3 is 5.32 Å². The summed E-state index contributed by atoms with van der Waals surface area (Å²) in [4.78, 5) is 0. The fourth-order valence-electron chi connectivity index (χ4n) is 2.30. The fraction of sp³-hybridized carbons (Fsp3) is 0.375. The van der Waals surface area contributed by atoms with Gasteiger partial charge in [-0.05, 0) is 46.0 Å². The molecule has 1 N–H and O–H groups in total. The molecule has 0 aliphatic rings. The second kappa shape index (κ2) is 5.36. The Hall–Kier alpha value is -2.50. The summed E-state index contributed by atoms with van der Waals surface area (Å²) in [5, 5.41) is 18.9. The summed E-state index contributed by atoms with van der Waals surface area (Å²) in [5.74, 6) is 0.743. The minimum Gasteiger partial charge on any atom is -0.362 e. The van der Waals surface area contributed by atoms with Crippen molar-refractivity contribution in [2.24, 2.45) is 0 Å². The van der Waals surface area contributed by atoms with Gasteiger partial charge in [0.25, 0.3) is 0 Å². The average molecular weight is 296 g/mol. The van der Waals surface area contributed by atoms with E-state index >= 15 is 0 Å². The van der Waals surface area contributed by atoms with Gasteiger partial charge in [0.15, 0.2) is 5.65 Å². The largest absolute Gasteiger partial charge is 0.362 e. The van der Waals surface area contributed by atoms with Crippen LogP contribution in [0, 0.1) is 0 Å². The Kier molecular flexibility index (Phi) is 3.52. The molecule has 3 rings (SSSR count). The van der Waals surface area contributed by atoms with E-state index in [9.17, 15) is 0 Å².